The van der Waals surface area contributed by atoms with E-state index in [1.165, 1.54) is 5.56 Å². The summed E-state index contributed by atoms with van der Waals surface area (Å²) in [5.41, 5.74) is 5.46. The first-order valence-electron chi connectivity index (χ1n) is 8.62. The fraction of sp³-hybridized carbons (Fsp3) is 0.381. The summed E-state index contributed by atoms with van der Waals surface area (Å²) >= 11 is 0. The van der Waals surface area contributed by atoms with E-state index in [9.17, 15) is 4.79 Å². The van der Waals surface area contributed by atoms with Gasteiger partial charge in [0.2, 0.25) is 0 Å². The van der Waals surface area contributed by atoms with E-state index in [1.807, 2.05) is 45.9 Å². The second kappa shape index (κ2) is 10.9. The third-order valence-corrected chi connectivity index (χ3v) is 5.36. The second-order valence-electron chi connectivity index (χ2n) is 6.25. The van der Waals surface area contributed by atoms with Gasteiger partial charge < -0.3 is 9.47 Å². The van der Waals surface area contributed by atoms with Crippen LogP contribution in [0.5, 0.6) is 5.75 Å². The van der Waals surface area contributed by atoms with Crippen LogP contribution in [0.15, 0.2) is 30.3 Å². The van der Waals surface area contributed by atoms with E-state index in [0.717, 1.165) is 33.3 Å². The fourth-order valence-corrected chi connectivity index (χ4v) is 4.15. The van der Waals surface area contributed by atoms with Crippen molar-refractivity contribution in [2.45, 2.75) is 34.6 Å². The molecule has 0 aliphatic carbocycles. The third-order valence-electron chi connectivity index (χ3n) is 4.05. The molecule has 1 atom stereocenters. The van der Waals surface area contributed by atoms with Gasteiger partial charge in [-0.2, -0.15) is 0 Å². The molecule has 0 bridgehead atoms. The SMILES string of the molecule is CCOCCOc1ccc(PC(=O)c2c(C)cc(C)cc2C)c(C)c1.[LiH]. The number of carbonyl (C=O) groups is 1. The number of hydrogen-bond donors (Lipinski definition) is 0. The summed E-state index contributed by atoms with van der Waals surface area (Å²) in [4.78, 5) is 12.8. The van der Waals surface area contributed by atoms with E-state index in [2.05, 4.69) is 19.1 Å². The van der Waals surface area contributed by atoms with Crippen LogP contribution in [0.2, 0.25) is 0 Å². The first-order valence-corrected chi connectivity index (χ1v) is 9.62. The molecule has 0 saturated heterocycles. The molecular formula is C21H28LiO3P. The first kappa shape index (κ1) is 22.9. The minimum atomic E-state index is 0. The molecule has 0 aliphatic heterocycles. The Labute approximate surface area is 170 Å². The number of hydrogen-bond acceptors (Lipinski definition) is 3. The molecule has 0 aliphatic rings. The molecule has 1 unspecified atom stereocenters. The average molecular weight is 366 g/mol. The number of benzene rings is 2. The van der Waals surface area contributed by atoms with E-state index in [-0.39, 0.29) is 33.0 Å². The van der Waals surface area contributed by atoms with E-state index >= 15 is 0 Å². The molecule has 2 aromatic carbocycles. The fourth-order valence-electron chi connectivity index (χ4n) is 2.95. The van der Waals surface area contributed by atoms with Crippen LogP contribution in [0.3, 0.4) is 0 Å². The number of ether oxygens (including phenoxy) is 2. The van der Waals surface area contributed by atoms with Crippen molar-refractivity contribution in [1.82, 2.24) is 0 Å². The van der Waals surface area contributed by atoms with Gasteiger partial charge in [-0.1, -0.05) is 23.8 Å². The normalized spacial score (nSPS) is 10.8. The molecule has 0 radical (unpaired) electrons. The Morgan fingerprint density at radius 2 is 1.62 bits per heavy atom. The molecule has 2 aromatic rings. The van der Waals surface area contributed by atoms with Crippen LogP contribution in [0.1, 0.15) is 39.5 Å². The van der Waals surface area contributed by atoms with Gasteiger partial charge in [0.25, 0.3) is 0 Å². The molecule has 26 heavy (non-hydrogen) atoms. The molecule has 3 nitrogen and oxygen atoms in total. The van der Waals surface area contributed by atoms with Crippen molar-refractivity contribution in [3.8, 4) is 5.75 Å². The Bertz CT molecular complexity index is 736. The Morgan fingerprint density at radius 1 is 0.962 bits per heavy atom. The van der Waals surface area contributed by atoms with Gasteiger partial charge in [0.05, 0.1) is 6.61 Å². The van der Waals surface area contributed by atoms with Crippen molar-refractivity contribution >= 4 is 38.3 Å². The quantitative estimate of drug-likeness (QED) is 0.405. The maximum atomic E-state index is 12.8. The zero-order valence-corrected chi connectivity index (χ0v) is 16.7. The van der Waals surface area contributed by atoms with E-state index in [0.29, 0.717) is 19.8 Å². The Hall–Kier alpha value is -1.10. The zero-order chi connectivity index (χ0) is 18.4. The predicted octanol–water partition coefficient (Wildman–Crippen LogP) is 3.83. The third kappa shape index (κ3) is 6.25. The monoisotopic (exact) mass is 366 g/mol. The van der Waals surface area contributed by atoms with Gasteiger partial charge in [-0.05, 0) is 77.3 Å². The maximum absolute atomic E-state index is 12.8. The molecule has 0 saturated carbocycles. The molecule has 5 heteroatoms. The van der Waals surface area contributed by atoms with Crippen LogP contribution in [0.25, 0.3) is 0 Å². The Morgan fingerprint density at radius 3 is 2.19 bits per heavy atom. The summed E-state index contributed by atoms with van der Waals surface area (Å²) in [6.07, 6.45) is 0. The minimum absolute atomic E-state index is 0. The van der Waals surface area contributed by atoms with Gasteiger partial charge in [-0.15, -0.1) is 0 Å². The van der Waals surface area contributed by atoms with E-state index < -0.39 is 0 Å². The molecule has 0 amide bonds. The molecule has 2 rings (SSSR count). The summed E-state index contributed by atoms with van der Waals surface area (Å²) < 4.78 is 11.0. The van der Waals surface area contributed by atoms with Crippen molar-refractivity contribution in [2.75, 3.05) is 19.8 Å². The van der Waals surface area contributed by atoms with E-state index in [1.54, 1.807) is 0 Å². The molecule has 0 spiro atoms. The molecule has 0 aromatic heterocycles. The van der Waals surface area contributed by atoms with Crippen molar-refractivity contribution in [1.29, 1.82) is 0 Å². The van der Waals surface area contributed by atoms with Crippen molar-refractivity contribution in [2.24, 2.45) is 0 Å². The van der Waals surface area contributed by atoms with Crippen LogP contribution in [-0.2, 0) is 4.74 Å². The summed E-state index contributed by atoms with van der Waals surface area (Å²) in [5, 5.41) is 1.07. The summed E-state index contributed by atoms with van der Waals surface area (Å²) in [6.45, 7) is 11.9. The Balaban J connectivity index is 0.00000338. The van der Waals surface area contributed by atoms with Gasteiger partial charge in [-0.3, -0.25) is 4.79 Å². The molecule has 0 heterocycles. The van der Waals surface area contributed by atoms with Crippen LogP contribution in [-0.4, -0.2) is 44.2 Å². The number of carbonyl (C=O) groups excluding carboxylic acids is 1. The van der Waals surface area contributed by atoms with Crippen LogP contribution < -0.4 is 10.0 Å². The van der Waals surface area contributed by atoms with Gasteiger partial charge in [0, 0.05) is 12.2 Å². The van der Waals surface area contributed by atoms with Gasteiger partial charge in [-0.25, -0.2) is 0 Å². The van der Waals surface area contributed by atoms with Crippen LogP contribution in [0, 0.1) is 27.7 Å². The number of aryl methyl sites for hydroxylation is 4. The second-order valence-corrected chi connectivity index (χ2v) is 7.49. The van der Waals surface area contributed by atoms with Gasteiger partial charge in [0.1, 0.15) is 12.4 Å². The van der Waals surface area contributed by atoms with Crippen molar-refractivity contribution in [3.05, 3.63) is 58.1 Å². The first-order chi connectivity index (χ1) is 11.9. The molecule has 136 valence electrons. The molecule has 0 fully saturated rings. The standard InChI is InChI=1S/C21H27O3P.Li.H/c1-6-23-9-10-24-18-7-8-19(15(3)13-18)25-21(22)20-16(4)11-14(2)12-17(20)5;;/h7-8,11-13,25H,6,9-10H2,1-5H3;;. The predicted molar refractivity (Wildman–Crippen MR) is 113 cm³/mol. The van der Waals surface area contributed by atoms with Crippen LogP contribution >= 0.6 is 8.58 Å². The number of rotatable bonds is 8. The van der Waals surface area contributed by atoms with Crippen molar-refractivity contribution < 1.29 is 14.3 Å². The Kier molecular flexibility index (Phi) is 9.62. The summed E-state index contributed by atoms with van der Waals surface area (Å²) in [7, 11) is 0.124. The van der Waals surface area contributed by atoms with Gasteiger partial charge in [0.15, 0.2) is 5.52 Å². The summed E-state index contributed by atoms with van der Waals surface area (Å²) in [5.74, 6) is 0.820. The topological polar surface area (TPSA) is 35.5 Å². The van der Waals surface area contributed by atoms with Crippen molar-refractivity contribution in [3.63, 3.8) is 0 Å². The average Bonchev–Trinajstić information content (AvgIpc) is 2.53. The zero-order valence-electron chi connectivity index (χ0n) is 15.7. The van der Waals surface area contributed by atoms with Crippen LogP contribution in [0.4, 0.5) is 0 Å². The molecule has 0 N–H and O–H groups in total. The van der Waals surface area contributed by atoms with Gasteiger partial charge >= 0.3 is 18.9 Å². The summed E-state index contributed by atoms with van der Waals surface area (Å²) in [6, 6.07) is 10.1. The molecular weight excluding hydrogens is 338 g/mol. The van der Waals surface area contributed by atoms with E-state index in [4.69, 9.17) is 9.47 Å².